The molecule has 0 unspecified atom stereocenters. The van der Waals surface area contributed by atoms with Crippen LogP contribution in [0.5, 0.6) is 0 Å². The monoisotopic (exact) mass is 349 g/mol. The summed E-state index contributed by atoms with van der Waals surface area (Å²) in [5.74, 6) is 0.0130. The van der Waals surface area contributed by atoms with E-state index in [2.05, 4.69) is 15.3 Å². The second-order valence-electron chi connectivity index (χ2n) is 6.91. The third-order valence-corrected chi connectivity index (χ3v) is 4.98. The van der Waals surface area contributed by atoms with Gasteiger partial charge < -0.3 is 4.90 Å². The Bertz CT molecular complexity index is 925. The molecule has 0 fully saturated rings. The number of H-pyrrole nitrogens is 1. The van der Waals surface area contributed by atoms with E-state index < -0.39 is 0 Å². The molecule has 1 aliphatic carbocycles. The number of carbonyl (C=O) groups is 1. The molecule has 3 aromatic rings. The van der Waals surface area contributed by atoms with Crippen LogP contribution in [-0.4, -0.2) is 37.8 Å². The minimum Gasteiger partial charge on any atom is -0.334 e. The molecule has 1 aliphatic rings. The van der Waals surface area contributed by atoms with Gasteiger partial charge in [-0.1, -0.05) is 30.3 Å². The van der Waals surface area contributed by atoms with Gasteiger partial charge in [-0.05, 0) is 31.7 Å². The van der Waals surface area contributed by atoms with E-state index in [9.17, 15) is 4.79 Å². The predicted molar refractivity (Wildman–Crippen MR) is 99.7 cm³/mol. The van der Waals surface area contributed by atoms with E-state index in [1.807, 2.05) is 50.5 Å². The highest BCUT2D eigenvalue weighted by molar-refractivity contribution is 5.94. The van der Waals surface area contributed by atoms with Crippen LogP contribution in [0.1, 0.15) is 40.3 Å². The van der Waals surface area contributed by atoms with Gasteiger partial charge in [0.15, 0.2) is 0 Å². The van der Waals surface area contributed by atoms with Gasteiger partial charge in [-0.25, -0.2) is 0 Å². The number of benzene rings is 1. The summed E-state index contributed by atoms with van der Waals surface area (Å²) < 4.78 is 1.75. The van der Waals surface area contributed by atoms with Crippen LogP contribution in [0, 0.1) is 0 Å². The lowest BCUT2D eigenvalue weighted by molar-refractivity contribution is 0.0771. The van der Waals surface area contributed by atoms with Crippen LogP contribution >= 0.6 is 0 Å². The number of carbonyl (C=O) groups excluding carboxylic acids is 1. The minimum atomic E-state index is 0.0130. The SMILES string of the molecule is CN(Cc1cc(-c2ccccc2)n[nH]1)C(=O)c1c2c(nn1C)CCCC2. The fourth-order valence-corrected chi connectivity index (χ4v) is 3.66. The minimum absolute atomic E-state index is 0.0130. The van der Waals surface area contributed by atoms with Crippen molar-refractivity contribution in [3.63, 3.8) is 0 Å². The lowest BCUT2D eigenvalue weighted by Crippen LogP contribution is -2.29. The summed E-state index contributed by atoms with van der Waals surface area (Å²) in [6.07, 6.45) is 4.20. The fourth-order valence-electron chi connectivity index (χ4n) is 3.66. The zero-order valence-corrected chi connectivity index (χ0v) is 15.2. The molecule has 0 saturated heterocycles. The lowest BCUT2D eigenvalue weighted by atomic mass is 9.95. The van der Waals surface area contributed by atoms with Gasteiger partial charge in [0.25, 0.3) is 5.91 Å². The quantitative estimate of drug-likeness (QED) is 0.787. The summed E-state index contributed by atoms with van der Waals surface area (Å²) in [5, 5.41) is 12.0. The molecule has 0 atom stereocenters. The van der Waals surface area contributed by atoms with Crippen LogP contribution in [0.25, 0.3) is 11.3 Å². The number of fused-ring (bicyclic) bond motifs is 1. The Balaban J connectivity index is 1.52. The van der Waals surface area contributed by atoms with Gasteiger partial charge >= 0.3 is 0 Å². The molecule has 6 nitrogen and oxygen atoms in total. The highest BCUT2D eigenvalue weighted by atomic mass is 16.2. The molecule has 2 heterocycles. The first-order valence-corrected chi connectivity index (χ1v) is 9.03. The van der Waals surface area contributed by atoms with Crippen molar-refractivity contribution < 1.29 is 4.79 Å². The first-order valence-electron chi connectivity index (χ1n) is 9.03. The molecular weight excluding hydrogens is 326 g/mol. The summed E-state index contributed by atoms with van der Waals surface area (Å²) in [4.78, 5) is 14.7. The van der Waals surface area contributed by atoms with Crippen LogP contribution in [0.4, 0.5) is 0 Å². The normalized spacial score (nSPS) is 13.5. The largest absolute Gasteiger partial charge is 0.334 e. The maximum absolute atomic E-state index is 13.0. The molecule has 1 amide bonds. The molecule has 0 aliphatic heterocycles. The summed E-state index contributed by atoms with van der Waals surface area (Å²) in [6, 6.07) is 12.0. The number of rotatable bonds is 4. The van der Waals surface area contributed by atoms with E-state index in [-0.39, 0.29) is 5.91 Å². The Morgan fingerprint density at radius 1 is 1.23 bits per heavy atom. The molecule has 26 heavy (non-hydrogen) atoms. The van der Waals surface area contributed by atoms with Gasteiger partial charge in [-0.3, -0.25) is 14.6 Å². The van der Waals surface area contributed by atoms with Crippen LogP contribution in [-0.2, 0) is 26.4 Å². The molecular formula is C20H23N5O. The van der Waals surface area contributed by atoms with E-state index in [0.717, 1.165) is 59.6 Å². The number of amides is 1. The number of aromatic nitrogens is 4. The smallest absolute Gasteiger partial charge is 0.272 e. The average molecular weight is 349 g/mol. The van der Waals surface area contributed by atoms with Crippen molar-refractivity contribution in [2.45, 2.75) is 32.2 Å². The molecule has 134 valence electrons. The van der Waals surface area contributed by atoms with Gasteiger partial charge in [0.05, 0.1) is 23.6 Å². The number of nitrogens with zero attached hydrogens (tertiary/aromatic N) is 4. The number of hydrogen-bond donors (Lipinski definition) is 1. The van der Waals surface area contributed by atoms with E-state index in [0.29, 0.717) is 6.54 Å². The van der Waals surface area contributed by atoms with E-state index in [1.54, 1.807) is 9.58 Å². The summed E-state index contributed by atoms with van der Waals surface area (Å²) in [5.41, 5.74) is 5.80. The Hall–Kier alpha value is -2.89. The number of nitrogens with one attached hydrogen (secondary N) is 1. The first-order chi connectivity index (χ1) is 12.6. The standard InChI is InChI=1S/C20H23N5O/c1-24(13-15-12-18(22-21-15)14-8-4-3-5-9-14)20(26)19-16-10-6-7-11-17(16)23-25(19)2/h3-5,8-9,12H,6-7,10-11,13H2,1-2H3,(H,21,22). The molecule has 0 radical (unpaired) electrons. The summed E-state index contributed by atoms with van der Waals surface area (Å²) in [7, 11) is 3.69. The zero-order chi connectivity index (χ0) is 18.1. The Morgan fingerprint density at radius 3 is 2.81 bits per heavy atom. The molecule has 6 heteroatoms. The average Bonchev–Trinajstić information content (AvgIpc) is 3.25. The van der Waals surface area contributed by atoms with Crippen molar-refractivity contribution in [2.75, 3.05) is 7.05 Å². The predicted octanol–water partition coefficient (Wildman–Crippen LogP) is 2.96. The van der Waals surface area contributed by atoms with E-state index >= 15 is 0 Å². The van der Waals surface area contributed by atoms with Gasteiger partial charge in [-0.2, -0.15) is 10.2 Å². The Morgan fingerprint density at radius 2 is 2.00 bits per heavy atom. The van der Waals surface area contributed by atoms with Crippen molar-refractivity contribution in [1.29, 1.82) is 0 Å². The van der Waals surface area contributed by atoms with Crippen molar-refractivity contribution in [3.8, 4) is 11.3 Å². The number of hydrogen-bond acceptors (Lipinski definition) is 3. The number of aryl methyl sites for hydroxylation is 2. The van der Waals surface area contributed by atoms with Crippen molar-refractivity contribution in [2.24, 2.45) is 7.05 Å². The van der Waals surface area contributed by atoms with Gasteiger partial charge in [-0.15, -0.1) is 0 Å². The molecule has 0 spiro atoms. The maximum atomic E-state index is 13.0. The van der Waals surface area contributed by atoms with Crippen LogP contribution in [0.3, 0.4) is 0 Å². The Labute approximate surface area is 152 Å². The molecule has 4 rings (SSSR count). The summed E-state index contributed by atoms with van der Waals surface area (Å²) >= 11 is 0. The van der Waals surface area contributed by atoms with Gasteiger partial charge in [0, 0.05) is 25.2 Å². The third kappa shape index (κ3) is 3.03. The molecule has 1 N–H and O–H groups in total. The van der Waals surface area contributed by atoms with Crippen LogP contribution < -0.4 is 0 Å². The van der Waals surface area contributed by atoms with E-state index in [1.165, 1.54) is 0 Å². The van der Waals surface area contributed by atoms with Crippen molar-refractivity contribution >= 4 is 5.91 Å². The van der Waals surface area contributed by atoms with Crippen LogP contribution in [0.2, 0.25) is 0 Å². The first kappa shape index (κ1) is 16.6. The van der Waals surface area contributed by atoms with E-state index in [4.69, 9.17) is 0 Å². The Kier molecular flexibility index (Phi) is 4.32. The maximum Gasteiger partial charge on any atom is 0.272 e. The zero-order valence-electron chi connectivity index (χ0n) is 15.2. The third-order valence-electron chi connectivity index (χ3n) is 4.98. The van der Waals surface area contributed by atoms with Crippen molar-refractivity contribution in [3.05, 3.63) is 59.0 Å². The molecule has 0 bridgehead atoms. The second-order valence-corrected chi connectivity index (χ2v) is 6.91. The van der Waals surface area contributed by atoms with Gasteiger partial charge in [0.1, 0.15) is 5.69 Å². The van der Waals surface area contributed by atoms with Crippen LogP contribution in [0.15, 0.2) is 36.4 Å². The molecule has 1 aromatic carbocycles. The topological polar surface area (TPSA) is 66.8 Å². The van der Waals surface area contributed by atoms with Crippen molar-refractivity contribution in [1.82, 2.24) is 24.9 Å². The molecule has 0 saturated carbocycles. The highest BCUT2D eigenvalue weighted by Gasteiger charge is 2.26. The highest BCUT2D eigenvalue weighted by Crippen LogP contribution is 2.25. The number of aromatic amines is 1. The van der Waals surface area contributed by atoms with Gasteiger partial charge in [0.2, 0.25) is 0 Å². The summed E-state index contributed by atoms with van der Waals surface area (Å²) in [6.45, 7) is 0.485. The second kappa shape index (κ2) is 6.78. The fraction of sp³-hybridized carbons (Fsp3) is 0.350. The lowest BCUT2D eigenvalue weighted by Gasteiger charge is -2.18. The molecule has 2 aromatic heterocycles.